The molecule has 3 aliphatic carbocycles. The maximum absolute atomic E-state index is 2.40. The van der Waals surface area contributed by atoms with Gasteiger partial charge in [0.25, 0.3) is 0 Å². The van der Waals surface area contributed by atoms with Crippen molar-refractivity contribution in [3.63, 3.8) is 0 Å². The van der Waals surface area contributed by atoms with Crippen molar-refractivity contribution in [2.75, 3.05) is 0 Å². The topological polar surface area (TPSA) is 0 Å². The van der Waals surface area contributed by atoms with Crippen LogP contribution in [0.25, 0.3) is 41.2 Å². The minimum absolute atomic E-state index is 1.08. The van der Waals surface area contributed by atoms with Crippen LogP contribution in [-0.4, -0.2) is 0 Å². The van der Waals surface area contributed by atoms with E-state index in [1.807, 2.05) is 0 Å². The molecule has 0 N–H and O–H groups in total. The molecule has 0 heterocycles. The summed E-state index contributed by atoms with van der Waals surface area (Å²) >= 11 is 0. The van der Waals surface area contributed by atoms with Gasteiger partial charge in [-0.25, -0.2) is 0 Å². The number of fused-ring (bicyclic) bond motifs is 8. The van der Waals surface area contributed by atoms with Gasteiger partial charge in [-0.1, -0.05) is 48.6 Å². The number of allylic oxidation sites excluding steroid dienone is 1. The predicted octanol–water partition coefficient (Wildman–Crippen LogP) is 1.34. The Morgan fingerprint density at radius 2 is 1.47 bits per heavy atom. The lowest BCUT2D eigenvalue weighted by atomic mass is 9.96. The van der Waals surface area contributed by atoms with E-state index in [1.165, 1.54) is 42.8 Å². The SMILES string of the molecule is C1=Cc2c(ccc3c4c(c5c(c23)=CCC=5)=CCC=4)C1. The molecule has 90 valence electrons. The minimum Gasteiger partial charge on any atom is -0.0795 e. The van der Waals surface area contributed by atoms with Crippen LogP contribution in [0.1, 0.15) is 24.0 Å². The van der Waals surface area contributed by atoms with Crippen molar-refractivity contribution in [3.05, 3.63) is 50.2 Å². The predicted molar refractivity (Wildman–Crippen MR) is 82.3 cm³/mol. The molecule has 0 heteroatoms. The molecule has 3 aliphatic rings. The van der Waals surface area contributed by atoms with Gasteiger partial charge in [-0.3, -0.25) is 0 Å². The molecule has 0 aromatic heterocycles. The molecule has 0 amide bonds. The van der Waals surface area contributed by atoms with Crippen molar-refractivity contribution in [2.24, 2.45) is 0 Å². The molecule has 2 aromatic carbocycles. The first kappa shape index (κ1) is 9.80. The molecule has 0 saturated heterocycles. The summed E-state index contributed by atoms with van der Waals surface area (Å²) in [5, 5.41) is 8.81. The normalized spacial score (nSPS) is 17.3. The van der Waals surface area contributed by atoms with E-state index in [9.17, 15) is 0 Å². The molecule has 5 rings (SSSR count). The van der Waals surface area contributed by atoms with E-state index in [1.54, 1.807) is 0 Å². The van der Waals surface area contributed by atoms with E-state index >= 15 is 0 Å². The van der Waals surface area contributed by atoms with Gasteiger partial charge < -0.3 is 0 Å². The number of benzene rings is 2. The Morgan fingerprint density at radius 3 is 2.37 bits per heavy atom. The van der Waals surface area contributed by atoms with Crippen LogP contribution in [0.15, 0.2) is 18.2 Å². The maximum Gasteiger partial charge on any atom is -0.00269 e. The molecule has 0 bridgehead atoms. The minimum atomic E-state index is 1.08. The Labute approximate surface area is 111 Å². The Balaban J connectivity index is 2.24. The fourth-order valence-corrected chi connectivity index (χ4v) is 3.88. The van der Waals surface area contributed by atoms with Crippen molar-refractivity contribution in [2.45, 2.75) is 19.3 Å². The van der Waals surface area contributed by atoms with Gasteiger partial charge >= 0.3 is 0 Å². The van der Waals surface area contributed by atoms with Gasteiger partial charge in [0.05, 0.1) is 0 Å². The average Bonchev–Trinajstić information content (AvgIpc) is 3.17. The molecule has 2 aromatic rings. The fourth-order valence-electron chi connectivity index (χ4n) is 3.88. The highest BCUT2D eigenvalue weighted by molar-refractivity contribution is 5.96. The summed E-state index contributed by atoms with van der Waals surface area (Å²) in [4.78, 5) is 0. The van der Waals surface area contributed by atoms with Crippen LogP contribution in [0.3, 0.4) is 0 Å². The summed E-state index contributed by atoms with van der Waals surface area (Å²) < 4.78 is 0. The Kier molecular flexibility index (Phi) is 1.69. The third-order valence-electron chi connectivity index (χ3n) is 4.68. The summed E-state index contributed by atoms with van der Waals surface area (Å²) in [6.45, 7) is 0. The highest BCUT2D eigenvalue weighted by atomic mass is 14.2. The first-order valence-corrected chi connectivity index (χ1v) is 7.08. The average molecular weight is 242 g/mol. The van der Waals surface area contributed by atoms with Gasteiger partial charge in [-0.2, -0.15) is 0 Å². The zero-order valence-corrected chi connectivity index (χ0v) is 10.7. The summed E-state index contributed by atoms with van der Waals surface area (Å²) in [5.74, 6) is 0. The third-order valence-corrected chi connectivity index (χ3v) is 4.68. The molecule has 0 unspecified atom stereocenters. The van der Waals surface area contributed by atoms with Gasteiger partial charge in [-0.05, 0) is 62.0 Å². The first-order valence-electron chi connectivity index (χ1n) is 7.08. The first-order chi connectivity index (χ1) is 9.43. The highest BCUT2D eigenvalue weighted by Gasteiger charge is 2.14. The van der Waals surface area contributed by atoms with Crippen molar-refractivity contribution in [1.29, 1.82) is 0 Å². The Hall–Kier alpha value is -2.08. The molecular formula is C19H14. The fraction of sp³-hybridized carbons (Fsp3) is 0.158. The van der Waals surface area contributed by atoms with Gasteiger partial charge in [0.2, 0.25) is 0 Å². The van der Waals surface area contributed by atoms with E-state index in [0.717, 1.165) is 19.3 Å². The summed E-state index contributed by atoms with van der Waals surface area (Å²) in [6, 6.07) is 4.65. The lowest BCUT2D eigenvalue weighted by Gasteiger charge is -2.07. The van der Waals surface area contributed by atoms with Gasteiger partial charge in [0.1, 0.15) is 0 Å². The maximum atomic E-state index is 2.40. The standard InChI is InChI=1S/C19H14/c1-4-12-10-11-18-16-7-2-6-14(16)15-8-3-9-17(15)19(18)13(12)5-1/h1,5-11H,2-4H2. The highest BCUT2D eigenvalue weighted by Crippen LogP contribution is 2.24. The number of hydrogen-bond acceptors (Lipinski definition) is 0. The molecule has 0 aliphatic heterocycles. The second-order valence-electron chi connectivity index (χ2n) is 5.61. The van der Waals surface area contributed by atoms with Crippen molar-refractivity contribution < 1.29 is 0 Å². The Bertz CT molecular complexity index is 1010. The Morgan fingerprint density at radius 1 is 0.737 bits per heavy atom. The smallest absolute Gasteiger partial charge is 0.00269 e. The quantitative estimate of drug-likeness (QED) is 0.654. The van der Waals surface area contributed by atoms with E-state index in [-0.39, 0.29) is 0 Å². The monoisotopic (exact) mass is 242 g/mol. The molecule has 19 heavy (non-hydrogen) atoms. The molecule has 0 spiro atoms. The largest absolute Gasteiger partial charge is 0.0795 e. The molecular weight excluding hydrogens is 228 g/mol. The van der Waals surface area contributed by atoms with E-state index in [2.05, 4.69) is 48.6 Å². The van der Waals surface area contributed by atoms with E-state index in [4.69, 9.17) is 0 Å². The number of rotatable bonds is 0. The molecule has 0 radical (unpaired) electrons. The van der Waals surface area contributed by atoms with Crippen molar-refractivity contribution in [3.8, 4) is 0 Å². The second-order valence-corrected chi connectivity index (χ2v) is 5.61. The van der Waals surface area contributed by atoms with Gasteiger partial charge in [0.15, 0.2) is 0 Å². The lowest BCUT2D eigenvalue weighted by molar-refractivity contribution is 1.32. The van der Waals surface area contributed by atoms with E-state index in [0.29, 0.717) is 0 Å². The third kappa shape index (κ3) is 1.10. The zero-order chi connectivity index (χ0) is 12.4. The molecule has 0 nitrogen and oxygen atoms in total. The summed E-state index contributed by atoms with van der Waals surface area (Å²) in [7, 11) is 0. The second kappa shape index (κ2) is 3.27. The van der Waals surface area contributed by atoms with Gasteiger partial charge in [-0.15, -0.1) is 0 Å². The van der Waals surface area contributed by atoms with Crippen LogP contribution in [0, 0.1) is 0 Å². The molecule has 0 fully saturated rings. The van der Waals surface area contributed by atoms with Crippen molar-refractivity contribution >= 4 is 41.2 Å². The summed E-state index contributed by atoms with van der Waals surface area (Å²) in [5.41, 5.74) is 2.94. The number of hydrogen-bond donors (Lipinski definition) is 0. The van der Waals surface area contributed by atoms with Crippen LogP contribution in [0.4, 0.5) is 0 Å². The molecule has 0 atom stereocenters. The van der Waals surface area contributed by atoms with Crippen LogP contribution >= 0.6 is 0 Å². The van der Waals surface area contributed by atoms with Crippen LogP contribution in [0.5, 0.6) is 0 Å². The van der Waals surface area contributed by atoms with Gasteiger partial charge in [0, 0.05) is 0 Å². The molecule has 0 saturated carbocycles. The summed E-state index contributed by atoms with van der Waals surface area (Å²) in [6.07, 6.45) is 17.4. The van der Waals surface area contributed by atoms with E-state index < -0.39 is 0 Å². The van der Waals surface area contributed by atoms with Crippen LogP contribution in [0.2, 0.25) is 0 Å². The van der Waals surface area contributed by atoms with Crippen molar-refractivity contribution in [1.82, 2.24) is 0 Å². The lowest BCUT2D eigenvalue weighted by Crippen LogP contribution is -2.46. The van der Waals surface area contributed by atoms with Crippen LogP contribution < -0.4 is 20.9 Å². The zero-order valence-electron chi connectivity index (χ0n) is 10.7. The van der Waals surface area contributed by atoms with Crippen LogP contribution in [-0.2, 0) is 6.42 Å².